The van der Waals surface area contributed by atoms with Crippen LogP contribution in [0.15, 0.2) is 36.5 Å². The summed E-state index contributed by atoms with van der Waals surface area (Å²) in [6.07, 6.45) is 1.65. The van der Waals surface area contributed by atoms with Crippen LogP contribution in [0.4, 0.5) is 22.0 Å². The zero-order chi connectivity index (χ0) is 17.8. The molecule has 132 valence electrons. The van der Waals surface area contributed by atoms with E-state index >= 15 is 0 Å². The summed E-state index contributed by atoms with van der Waals surface area (Å²) in [6.45, 7) is 3.94. The van der Waals surface area contributed by atoms with Crippen molar-refractivity contribution in [3.63, 3.8) is 0 Å². The van der Waals surface area contributed by atoms with Gasteiger partial charge in [0, 0.05) is 31.2 Å². The van der Waals surface area contributed by atoms with Gasteiger partial charge in [0.2, 0.25) is 0 Å². The predicted molar refractivity (Wildman–Crippen MR) is 103 cm³/mol. The number of piperazine rings is 1. The van der Waals surface area contributed by atoms with E-state index in [1.807, 2.05) is 12.1 Å². The van der Waals surface area contributed by atoms with Crippen molar-refractivity contribution in [3.8, 4) is 0 Å². The lowest BCUT2D eigenvalue weighted by Crippen LogP contribution is -2.44. The lowest BCUT2D eigenvalue weighted by molar-refractivity contribution is 0.262. The van der Waals surface area contributed by atoms with Crippen LogP contribution in [0.25, 0.3) is 0 Å². The van der Waals surface area contributed by atoms with Crippen molar-refractivity contribution in [1.29, 1.82) is 0 Å². The number of rotatable bonds is 3. The van der Waals surface area contributed by atoms with Gasteiger partial charge < -0.3 is 20.4 Å². The Hall–Kier alpha value is -2.02. The molecule has 1 aliphatic heterocycles. The van der Waals surface area contributed by atoms with E-state index in [1.165, 1.54) is 0 Å². The molecule has 8 heteroatoms. The normalized spacial score (nSPS) is 15.1. The summed E-state index contributed by atoms with van der Waals surface area (Å²) in [5, 5.41) is 6.32. The van der Waals surface area contributed by atoms with E-state index in [1.54, 1.807) is 24.4 Å². The molecule has 0 spiro atoms. The Morgan fingerprint density at radius 3 is 2.48 bits per heavy atom. The van der Waals surface area contributed by atoms with E-state index in [-0.39, 0.29) is 0 Å². The Balaban J connectivity index is 1.58. The van der Waals surface area contributed by atoms with Gasteiger partial charge in [-0.15, -0.1) is 0 Å². The fourth-order valence-electron chi connectivity index (χ4n) is 2.56. The highest BCUT2D eigenvalue weighted by Gasteiger charge is 2.15. The number of carbonyl (C=O) groups is 1. The van der Waals surface area contributed by atoms with Gasteiger partial charge in [0.15, 0.2) is 0 Å². The number of hydrogen-bond acceptors (Lipinski definition) is 4. The summed E-state index contributed by atoms with van der Waals surface area (Å²) >= 11 is 11.9. The molecule has 1 fully saturated rings. The average molecular weight is 380 g/mol. The molecular formula is C17H19Cl2N5O. The standard InChI is InChI=1S/C17H19Cl2N5O/c1-23-6-8-24(9-7-23)16-5-3-13(11-20-16)21-17(25)22-15-4-2-12(18)10-14(15)19/h2-5,10-11H,6-9H2,1H3,(H2,21,22,25). The average Bonchev–Trinajstić information content (AvgIpc) is 2.59. The van der Waals surface area contributed by atoms with Gasteiger partial charge >= 0.3 is 6.03 Å². The molecule has 6 nitrogen and oxygen atoms in total. The van der Waals surface area contributed by atoms with Crippen molar-refractivity contribution < 1.29 is 4.79 Å². The summed E-state index contributed by atoms with van der Waals surface area (Å²) in [6, 6.07) is 8.25. The molecule has 0 unspecified atom stereocenters. The molecule has 3 rings (SSSR count). The number of urea groups is 1. The number of anilines is 3. The van der Waals surface area contributed by atoms with Crippen LogP contribution in [-0.2, 0) is 0 Å². The Morgan fingerprint density at radius 1 is 1.08 bits per heavy atom. The Morgan fingerprint density at radius 2 is 1.84 bits per heavy atom. The first kappa shape index (κ1) is 17.8. The summed E-state index contributed by atoms with van der Waals surface area (Å²) in [7, 11) is 2.11. The monoisotopic (exact) mass is 379 g/mol. The minimum atomic E-state index is -0.390. The van der Waals surface area contributed by atoms with Crippen molar-refractivity contribution in [1.82, 2.24) is 9.88 Å². The Labute approximate surface area is 156 Å². The zero-order valence-electron chi connectivity index (χ0n) is 13.8. The highest BCUT2D eigenvalue weighted by molar-refractivity contribution is 6.36. The number of likely N-dealkylation sites (N-methyl/N-ethyl adjacent to an activating group) is 1. The lowest BCUT2D eigenvalue weighted by Gasteiger charge is -2.33. The van der Waals surface area contributed by atoms with Gasteiger partial charge in [-0.25, -0.2) is 9.78 Å². The molecule has 1 aromatic carbocycles. The van der Waals surface area contributed by atoms with Crippen LogP contribution in [0.5, 0.6) is 0 Å². The first-order valence-electron chi connectivity index (χ1n) is 7.94. The molecule has 0 bridgehead atoms. The quantitative estimate of drug-likeness (QED) is 0.851. The molecule has 1 saturated heterocycles. The van der Waals surface area contributed by atoms with Gasteiger partial charge in [0.25, 0.3) is 0 Å². The second kappa shape index (κ2) is 7.91. The zero-order valence-corrected chi connectivity index (χ0v) is 15.3. The number of nitrogens with zero attached hydrogens (tertiary/aromatic N) is 3. The second-order valence-corrected chi connectivity index (χ2v) is 6.74. The highest BCUT2D eigenvalue weighted by Crippen LogP contribution is 2.25. The molecule has 25 heavy (non-hydrogen) atoms. The first-order valence-corrected chi connectivity index (χ1v) is 8.69. The number of pyridine rings is 1. The summed E-state index contributed by atoms with van der Waals surface area (Å²) in [5.74, 6) is 0.916. The van der Waals surface area contributed by atoms with Crippen LogP contribution in [0, 0.1) is 0 Å². The number of amides is 2. The molecule has 2 aromatic rings. The fourth-order valence-corrected chi connectivity index (χ4v) is 3.01. The minimum absolute atomic E-state index is 0.381. The maximum atomic E-state index is 12.1. The minimum Gasteiger partial charge on any atom is -0.354 e. The van der Waals surface area contributed by atoms with Gasteiger partial charge in [-0.2, -0.15) is 0 Å². The number of benzene rings is 1. The number of nitrogens with one attached hydrogen (secondary N) is 2. The summed E-state index contributed by atoms with van der Waals surface area (Å²) < 4.78 is 0. The third kappa shape index (κ3) is 4.75. The Bertz CT molecular complexity index is 745. The SMILES string of the molecule is CN1CCN(c2ccc(NC(=O)Nc3ccc(Cl)cc3Cl)cn2)CC1. The second-order valence-electron chi connectivity index (χ2n) is 5.90. The topological polar surface area (TPSA) is 60.5 Å². The van der Waals surface area contributed by atoms with Crippen LogP contribution < -0.4 is 15.5 Å². The highest BCUT2D eigenvalue weighted by atomic mass is 35.5. The van der Waals surface area contributed by atoms with Gasteiger partial charge in [0.05, 0.1) is 22.6 Å². The lowest BCUT2D eigenvalue weighted by atomic mass is 10.3. The molecule has 1 aliphatic rings. The number of aromatic nitrogens is 1. The van der Waals surface area contributed by atoms with Gasteiger partial charge in [-0.3, -0.25) is 0 Å². The van der Waals surface area contributed by atoms with Crippen LogP contribution in [0.3, 0.4) is 0 Å². The molecule has 2 heterocycles. The molecular weight excluding hydrogens is 361 g/mol. The van der Waals surface area contributed by atoms with Gasteiger partial charge in [-0.1, -0.05) is 23.2 Å². The van der Waals surface area contributed by atoms with E-state index in [0.717, 1.165) is 32.0 Å². The van der Waals surface area contributed by atoms with Gasteiger partial charge in [0.1, 0.15) is 5.82 Å². The smallest absolute Gasteiger partial charge is 0.323 e. The summed E-state index contributed by atoms with van der Waals surface area (Å²) in [5.41, 5.74) is 1.10. The summed E-state index contributed by atoms with van der Waals surface area (Å²) in [4.78, 5) is 21.0. The van der Waals surface area contributed by atoms with Crippen molar-refractivity contribution in [2.24, 2.45) is 0 Å². The number of hydrogen-bond donors (Lipinski definition) is 2. The first-order chi connectivity index (χ1) is 12.0. The third-order valence-electron chi connectivity index (χ3n) is 4.01. The molecule has 2 N–H and O–H groups in total. The molecule has 0 atom stereocenters. The van der Waals surface area contributed by atoms with Crippen LogP contribution in [0.2, 0.25) is 10.0 Å². The molecule has 1 aromatic heterocycles. The fraction of sp³-hybridized carbons (Fsp3) is 0.294. The largest absolute Gasteiger partial charge is 0.354 e. The van der Waals surface area contributed by atoms with E-state index in [4.69, 9.17) is 23.2 Å². The van der Waals surface area contributed by atoms with E-state index in [0.29, 0.717) is 21.4 Å². The molecule has 2 amide bonds. The van der Waals surface area contributed by atoms with E-state index < -0.39 is 6.03 Å². The van der Waals surface area contributed by atoms with Crippen LogP contribution in [-0.4, -0.2) is 49.1 Å². The van der Waals surface area contributed by atoms with E-state index in [9.17, 15) is 4.79 Å². The van der Waals surface area contributed by atoms with Crippen LogP contribution in [0.1, 0.15) is 0 Å². The predicted octanol–water partition coefficient (Wildman–Crippen LogP) is 3.78. The van der Waals surface area contributed by atoms with Crippen molar-refractivity contribution in [2.45, 2.75) is 0 Å². The van der Waals surface area contributed by atoms with Crippen molar-refractivity contribution in [3.05, 3.63) is 46.6 Å². The van der Waals surface area contributed by atoms with Crippen molar-refractivity contribution >= 4 is 46.4 Å². The molecule has 0 aliphatic carbocycles. The van der Waals surface area contributed by atoms with Crippen LogP contribution >= 0.6 is 23.2 Å². The maximum Gasteiger partial charge on any atom is 0.323 e. The molecule has 0 saturated carbocycles. The maximum absolute atomic E-state index is 12.1. The van der Waals surface area contributed by atoms with Crippen molar-refractivity contribution in [2.75, 3.05) is 48.8 Å². The van der Waals surface area contributed by atoms with Gasteiger partial charge in [-0.05, 0) is 37.4 Å². The number of carbonyl (C=O) groups excluding carboxylic acids is 1. The molecule has 0 radical (unpaired) electrons. The Kier molecular flexibility index (Phi) is 5.63. The third-order valence-corrected chi connectivity index (χ3v) is 4.56. The number of halogens is 2. The van der Waals surface area contributed by atoms with E-state index in [2.05, 4.69) is 32.5 Å².